The van der Waals surface area contributed by atoms with E-state index < -0.39 is 17.9 Å². The van der Waals surface area contributed by atoms with E-state index in [9.17, 15) is 14.4 Å². The fraction of sp³-hybridized carbons (Fsp3) is 0.194. The molecule has 2 aromatic carbocycles. The Kier molecular flexibility index (Phi) is 13.1. The molecule has 2 aromatic rings. The van der Waals surface area contributed by atoms with Gasteiger partial charge in [0.1, 0.15) is 29.6 Å². The van der Waals surface area contributed by atoms with Crippen LogP contribution >= 0.6 is 0 Å². The first-order chi connectivity index (χ1) is 18.9. The number of carbonyl (C=O) groups excluding carboxylic acids is 3. The van der Waals surface area contributed by atoms with E-state index >= 15 is 0 Å². The molecule has 204 valence electrons. The second-order valence-electron chi connectivity index (χ2n) is 7.91. The van der Waals surface area contributed by atoms with E-state index in [-0.39, 0.29) is 5.76 Å². The molecule has 0 atom stereocenters. The van der Waals surface area contributed by atoms with Crippen molar-refractivity contribution >= 4 is 17.9 Å². The van der Waals surface area contributed by atoms with Gasteiger partial charge in [-0.3, -0.25) is 0 Å². The van der Waals surface area contributed by atoms with Crippen LogP contribution in [0.15, 0.2) is 110 Å². The monoisotopic (exact) mass is 532 g/mol. The van der Waals surface area contributed by atoms with Crippen molar-refractivity contribution in [3.8, 4) is 11.5 Å². The maximum Gasteiger partial charge on any atom is 0.343 e. The van der Waals surface area contributed by atoms with E-state index in [1.165, 1.54) is 18.2 Å². The molecule has 0 N–H and O–H groups in total. The second-order valence-corrected chi connectivity index (χ2v) is 7.91. The zero-order valence-electron chi connectivity index (χ0n) is 21.9. The maximum atomic E-state index is 12.5. The first-order valence-electron chi connectivity index (χ1n) is 12.2. The summed E-state index contributed by atoms with van der Waals surface area (Å²) in [5, 5.41) is 0. The zero-order valence-corrected chi connectivity index (χ0v) is 21.9. The van der Waals surface area contributed by atoms with Gasteiger partial charge in [-0.1, -0.05) is 25.8 Å². The van der Waals surface area contributed by atoms with Crippen LogP contribution in [0.3, 0.4) is 0 Å². The molecule has 0 unspecified atom stereocenters. The second kappa shape index (κ2) is 16.8. The minimum Gasteiger partial charge on any atom is -0.494 e. The number of hydrogen-bond donors (Lipinski definition) is 0. The number of unbranched alkanes of at least 4 members (excludes halogenated alkanes) is 1. The van der Waals surface area contributed by atoms with Crippen LogP contribution in [0.1, 0.15) is 40.5 Å². The minimum absolute atomic E-state index is 0.177. The third-order valence-corrected chi connectivity index (χ3v) is 4.91. The van der Waals surface area contributed by atoms with E-state index in [4.69, 9.17) is 23.7 Å². The molecule has 0 amide bonds. The number of rotatable bonds is 16. The number of benzene rings is 2. The van der Waals surface area contributed by atoms with Gasteiger partial charge in [0.15, 0.2) is 0 Å². The summed E-state index contributed by atoms with van der Waals surface area (Å²) in [5.41, 5.74) is 0.675. The van der Waals surface area contributed by atoms with E-state index in [2.05, 4.69) is 19.7 Å². The van der Waals surface area contributed by atoms with Gasteiger partial charge in [-0.2, -0.15) is 0 Å². The van der Waals surface area contributed by atoms with Crippen LogP contribution in [0.5, 0.6) is 11.5 Å². The summed E-state index contributed by atoms with van der Waals surface area (Å²) in [5.74, 6) is 0.104. The van der Waals surface area contributed by atoms with Crippen molar-refractivity contribution in [1.29, 1.82) is 0 Å². The van der Waals surface area contributed by atoms with E-state index in [1.54, 1.807) is 61.5 Å². The van der Waals surface area contributed by atoms with Crippen LogP contribution in [0, 0.1) is 0 Å². The Bertz CT molecular complexity index is 1200. The molecule has 0 aromatic heterocycles. The van der Waals surface area contributed by atoms with Crippen LogP contribution in [-0.2, 0) is 19.0 Å². The quantitative estimate of drug-likeness (QED) is 0.0485. The van der Waals surface area contributed by atoms with E-state index in [0.717, 1.165) is 6.08 Å². The summed E-state index contributed by atoms with van der Waals surface area (Å²) in [6.45, 7) is 13.3. The number of ether oxygens (including phenoxy) is 5. The smallest absolute Gasteiger partial charge is 0.343 e. The SMILES string of the molecule is C=CCOc1ccc(C(=O)O/C(C)=C/C=C(\C=C)OC(=O)c2ccc(OCCCCOC(=O)C=C)cc2)cc1. The molecule has 2 rings (SSSR count). The molecule has 0 aliphatic carbocycles. The average molecular weight is 533 g/mol. The van der Waals surface area contributed by atoms with Crippen LogP contribution in [-0.4, -0.2) is 37.7 Å². The third-order valence-electron chi connectivity index (χ3n) is 4.91. The van der Waals surface area contributed by atoms with Crippen molar-refractivity contribution in [3.63, 3.8) is 0 Å². The van der Waals surface area contributed by atoms with Gasteiger partial charge in [0.2, 0.25) is 0 Å². The lowest BCUT2D eigenvalue weighted by molar-refractivity contribution is -0.137. The summed E-state index contributed by atoms with van der Waals surface area (Å²) < 4.78 is 26.6. The molecule has 0 spiro atoms. The van der Waals surface area contributed by atoms with Crippen molar-refractivity contribution in [2.45, 2.75) is 19.8 Å². The van der Waals surface area contributed by atoms with Crippen LogP contribution in [0.2, 0.25) is 0 Å². The zero-order chi connectivity index (χ0) is 28.5. The molecule has 39 heavy (non-hydrogen) atoms. The third kappa shape index (κ3) is 11.4. The fourth-order valence-corrected chi connectivity index (χ4v) is 2.90. The molecule has 0 bridgehead atoms. The van der Waals surface area contributed by atoms with Crippen molar-refractivity contribution < 1.29 is 38.1 Å². The lowest BCUT2D eigenvalue weighted by Gasteiger charge is -2.08. The Morgan fingerprint density at radius 1 is 0.718 bits per heavy atom. The Morgan fingerprint density at radius 3 is 1.85 bits per heavy atom. The fourth-order valence-electron chi connectivity index (χ4n) is 2.90. The molecule has 0 fully saturated rings. The summed E-state index contributed by atoms with van der Waals surface area (Å²) in [4.78, 5) is 35.9. The normalized spacial score (nSPS) is 11.1. The molecule has 0 heterocycles. The largest absolute Gasteiger partial charge is 0.494 e. The Hall–Kier alpha value is -4.85. The summed E-state index contributed by atoms with van der Waals surface area (Å²) in [7, 11) is 0. The Labute approximate surface area is 228 Å². The van der Waals surface area contributed by atoms with E-state index in [1.807, 2.05) is 0 Å². The Balaban J connectivity index is 1.84. The molecule has 0 radical (unpaired) electrons. The minimum atomic E-state index is -0.585. The lowest BCUT2D eigenvalue weighted by atomic mass is 10.2. The van der Waals surface area contributed by atoms with E-state index in [0.29, 0.717) is 61.0 Å². The predicted octanol–water partition coefficient (Wildman–Crippen LogP) is 6.13. The van der Waals surface area contributed by atoms with Crippen LogP contribution in [0.25, 0.3) is 0 Å². The van der Waals surface area contributed by atoms with Gasteiger partial charge in [0, 0.05) is 6.08 Å². The number of carbonyl (C=O) groups is 3. The van der Waals surface area contributed by atoms with Gasteiger partial charge < -0.3 is 23.7 Å². The molecular weight excluding hydrogens is 500 g/mol. The predicted molar refractivity (Wildman–Crippen MR) is 147 cm³/mol. The van der Waals surface area contributed by atoms with Crippen molar-refractivity contribution in [1.82, 2.24) is 0 Å². The highest BCUT2D eigenvalue weighted by Crippen LogP contribution is 2.16. The van der Waals surface area contributed by atoms with Crippen molar-refractivity contribution in [2.24, 2.45) is 0 Å². The Morgan fingerprint density at radius 2 is 1.28 bits per heavy atom. The molecule has 8 nitrogen and oxygen atoms in total. The maximum absolute atomic E-state index is 12.5. The van der Waals surface area contributed by atoms with Crippen LogP contribution in [0.4, 0.5) is 0 Å². The van der Waals surface area contributed by atoms with Crippen LogP contribution < -0.4 is 9.47 Å². The van der Waals surface area contributed by atoms with Gasteiger partial charge in [0.25, 0.3) is 0 Å². The summed E-state index contributed by atoms with van der Waals surface area (Å²) in [6, 6.07) is 13.0. The number of esters is 3. The lowest BCUT2D eigenvalue weighted by Crippen LogP contribution is -2.06. The van der Waals surface area contributed by atoms with Gasteiger partial charge in [-0.25, -0.2) is 14.4 Å². The summed E-state index contributed by atoms with van der Waals surface area (Å²) >= 11 is 0. The standard InChI is InChI=1S/C31H32O8/c1-5-20-35-27-16-11-24(12-17-27)30(33)38-23(4)10-15-26(6-2)39-31(34)25-13-18-28(19-14-25)36-21-8-9-22-37-29(32)7-3/h5-7,10-19H,1-3,8-9,20-22H2,4H3/b23-10+,26-15+. The molecule has 8 heteroatoms. The molecule has 0 saturated carbocycles. The molecule has 0 saturated heterocycles. The van der Waals surface area contributed by atoms with Gasteiger partial charge in [-0.05, 0) is 86.5 Å². The number of hydrogen-bond acceptors (Lipinski definition) is 8. The highest BCUT2D eigenvalue weighted by Gasteiger charge is 2.10. The topological polar surface area (TPSA) is 97.4 Å². The van der Waals surface area contributed by atoms with Crippen molar-refractivity contribution in [3.05, 3.63) is 121 Å². The van der Waals surface area contributed by atoms with Gasteiger partial charge in [-0.15, -0.1) is 0 Å². The highest BCUT2D eigenvalue weighted by molar-refractivity contribution is 5.91. The number of allylic oxidation sites excluding steroid dienone is 4. The van der Waals surface area contributed by atoms with Crippen molar-refractivity contribution in [2.75, 3.05) is 19.8 Å². The molecule has 0 aliphatic rings. The molecule has 0 aliphatic heterocycles. The molecular formula is C31H32O8. The van der Waals surface area contributed by atoms with Gasteiger partial charge in [0.05, 0.1) is 24.3 Å². The highest BCUT2D eigenvalue weighted by atomic mass is 16.5. The summed E-state index contributed by atoms with van der Waals surface area (Å²) in [6.07, 6.45) is 8.45. The first-order valence-corrected chi connectivity index (χ1v) is 12.2. The average Bonchev–Trinajstić information content (AvgIpc) is 2.96. The van der Waals surface area contributed by atoms with Gasteiger partial charge >= 0.3 is 17.9 Å². The first kappa shape index (κ1) is 30.4.